The standard InChI is InChI=1S/C15H26N2O3/c1-4-6-15(12(18)19)7-5-8-17(15)13(20)16-10-11-9-14(11,2)3/h11H,4-10H2,1-3H3,(H,16,20)(H,18,19). The second-order valence-corrected chi connectivity index (χ2v) is 6.92. The summed E-state index contributed by atoms with van der Waals surface area (Å²) in [5.74, 6) is -0.335. The van der Waals surface area contributed by atoms with Crippen molar-refractivity contribution in [3.05, 3.63) is 0 Å². The molecule has 1 aliphatic heterocycles. The summed E-state index contributed by atoms with van der Waals surface area (Å²) in [5, 5.41) is 12.5. The molecule has 2 fully saturated rings. The lowest BCUT2D eigenvalue weighted by atomic mass is 9.91. The lowest BCUT2D eigenvalue weighted by Gasteiger charge is -2.34. The number of hydrogen-bond donors (Lipinski definition) is 2. The molecule has 2 aliphatic rings. The maximum absolute atomic E-state index is 12.3. The highest BCUT2D eigenvalue weighted by Gasteiger charge is 2.50. The molecule has 20 heavy (non-hydrogen) atoms. The Hall–Kier alpha value is -1.26. The molecule has 0 bridgehead atoms. The molecule has 5 nitrogen and oxygen atoms in total. The number of carboxylic acids is 1. The highest BCUT2D eigenvalue weighted by molar-refractivity contribution is 5.87. The summed E-state index contributed by atoms with van der Waals surface area (Å²) in [5.41, 5.74) is -0.663. The van der Waals surface area contributed by atoms with E-state index in [1.807, 2.05) is 6.92 Å². The Labute approximate surface area is 120 Å². The molecule has 0 aromatic heterocycles. The Kier molecular flexibility index (Phi) is 3.98. The van der Waals surface area contributed by atoms with Crippen molar-refractivity contribution in [3.8, 4) is 0 Å². The van der Waals surface area contributed by atoms with E-state index in [1.54, 1.807) is 4.90 Å². The van der Waals surface area contributed by atoms with Crippen molar-refractivity contribution in [2.75, 3.05) is 13.1 Å². The molecule has 0 aromatic carbocycles. The number of carbonyl (C=O) groups is 2. The van der Waals surface area contributed by atoms with Crippen molar-refractivity contribution in [2.45, 2.75) is 58.4 Å². The zero-order valence-electron chi connectivity index (χ0n) is 12.7. The Morgan fingerprint density at radius 1 is 1.40 bits per heavy atom. The van der Waals surface area contributed by atoms with E-state index in [2.05, 4.69) is 19.2 Å². The highest BCUT2D eigenvalue weighted by atomic mass is 16.4. The molecule has 1 saturated heterocycles. The molecule has 0 spiro atoms. The van der Waals surface area contributed by atoms with Gasteiger partial charge in [-0.2, -0.15) is 0 Å². The SMILES string of the molecule is CCCC1(C(=O)O)CCCN1C(=O)NCC1CC1(C)C. The number of hydrogen-bond acceptors (Lipinski definition) is 2. The molecule has 2 amide bonds. The summed E-state index contributed by atoms with van der Waals surface area (Å²) in [4.78, 5) is 25.5. The first-order valence-corrected chi connectivity index (χ1v) is 7.62. The molecule has 2 rings (SSSR count). The number of amides is 2. The van der Waals surface area contributed by atoms with Crippen LogP contribution in [0.3, 0.4) is 0 Å². The number of nitrogens with zero attached hydrogens (tertiary/aromatic N) is 1. The van der Waals surface area contributed by atoms with Gasteiger partial charge in [0.2, 0.25) is 0 Å². The lowest BCUT2D eigenvalue weighted by molar-refractivity contribution is -0.148. The molecule has 1 saturated carbocycles. The van der Waals surface area contributed by atoms with Crippen LogP contribution < -0.4 is 5.32 Å². The van der Waals surface area contributed by atoms with Crippen LogP contribution in [-0.4, -0.2) is 40.6 Å². The van der Waals surface area contributed by atoms with Crippen molar-refractivity contribution in [1.82, 2.24) is 10.2 Å². The van der Waals surface area contributed by atoms with Gasteiger partial charge in [-0.15, -0.1) is 0 Å². The topological polar surface area (TPSA) is 69.6 Å². The van der Waals surface area contributed by atoms with Crippen molar-refractivity contribution in [3.63, 3.8) is 0 Å². The van der Waals surface area contributed by atoms with E-state index in [4.69, 9.17) is 0 Å². The first-order chi connectivity index (χ1) is 9.33. The van der Waals surface area contributed by atoms with Crippen LogP contribution >= 0.6 is 0 Å². The Balaban J connectivity index is 1.98. The predicted molar refractivity (Wildman–Crippen MR) is 76.5 cm³/mol. The van der Waals surface area contributed by atoms with E-state index in [0.29, 0.717) is 37.3 Å². The molecule has 0 radical (unpaired) electrons. The summed E-state index contributed by atoms with van der Waals surface area (Å²) in [6.07, 6.45) is 3.77. The minimum absolute atomic E-state index is 0.207. The van der Waals surface area contributed by atoms with E-state index in [1.165, 1.54) is 0 Å². The third kappa shape index (κ3) is 2.63. The zero-order chi connectivity index (χ0) is 15.0. The van der Waals surface area contributed by atoms with Crippen LogP contribution in [0.1, 0.15) is 52.9 Å². The maximum atomic E-state index is 12.3. The van der Waals surface area contributed by atoms with Crippen LogP contribution in [0, 0.1) is 11.3 Å². The molecule has 1 heterocycles. The van der Waals surface area contributed by atoms with Gasteiger partial charge in [0.25, 0.3) is 0 Å². The third-order valence-electron chi connectivity index (χ3n) is 5.01. The van der Waals surface area contributed by atoms with Crippen LogP contribution in [0.2, 0.25) is 0 Å². The predicted octanol–water partition coefficient (Wildman–Crippen LogP) is 2.46. The molecule has 2 N–H and O–H groups in total. The van der Waals surface area contributed by atoms with Gasteiger partial charge < -0.3 is 15.3 Å². The maximum Gasteiger partial charge on any atom is 0.329 e. The fourth-order valence-corrected chi connectivity index (χ4v) is 3.41. The average molecular weight is 282 g/mol. The van der Waals surface area contributed by atoms with Crippen LogP contribution in [-0.2, 0) is 4.79 Å². The second kappa shape index (κ2) is 5.26. The number of aliphatic carboxylic acids is 1. The van der Waals surface area contributed by atoms with Crippen LogP contribution in [0.15, 0.2) is 0 Å². The van der Waals surface area contributed by atoms with Gasteiger partial charge in [0.1, 0.15) is 5.54 Å². The van der Waals surface area contributed by atoms with Gasteiger partial charge in [0.15, 0.2) is 0 Å². The Morgan fingerprint density at radius 2 is 2.05 bits per heavy atom. The van der Waals surface area contributed by atoms with E-state index >= 15 is 0 Å². The minimum atomic E-state index is -0.988. The fraction of sp³-hybridized carbons (Fsp3) is 0.867. The van der Waals surface area contributed by atoms with Crippen molar-refractivity contribution >= 4 is 12.0 Å². The van der Waals surface area contributed by atoms with Crippen LogP contribution in [0.4, 0.5) is 4.79 Å². The first-order valence-electron chi connectivity index (χ1n) is 7.62. The third-order valence-corrected chi connectivity index (χ3v) is 5.01. The quantitative estimate of drug-likeness (QED) is 0.813. The van der Waals surface area contributed by atoms with Gasteiger partial charge in [-0.05, 0) is 37.0 Å². The normalized spacial score (nSPS) is 31.1. The molecule has 0 aromatic rings. The Bertz CT molecular complexity index is 408. The van der Waals surface area contributed by atoms with Gasteiger partial charge in [-0.3, -0.25) is 0 Å². The highest BCUT2D eigenvalue weighted by Crippen LogP contribution is 2.51. The van der Waals surface area contributed by atoms with Gasteiger partial charge in [-0.25, -0.2) is 9.59 Å². The van der Waals surface area contributed by atoms with Crippen molar-refractivity contribution in [1.29, 1.82) is 0 Å². The first kappa shape index (κ1) is 15.1. The monoisotopic (exact) mass is 282 g/mol. The molecule has 2 atom stereocenters. The van der Waals surface area contributed by atoms with Crippen molar-refractivity contribution in [2.24, 2.45) is 11.3 Å². The average Bonchev–Trinajstić information content (AvgIpc) is 2.80. The number of nitrogens with one attached hydrogen (secondary N) is 1. The summed E-state index contributed by atoms with van der Waals surface area (Å²) >= 11 is 0. The van der Waals surface area contributed by atoms with Gasteiger partial charge in [-0.1, -0.05) is 27.2 Å². The molecule has 5 heteroatoms. The van der Waals surface area contributed by atoms with E-state index in [9.17, 15) is 14.7 Å². The fourth-order valence-electron chi connectivity index (χ4n) is 3.41. The lowest BCUT2D eigenvalue weighted by Crippen LogP contribution is -2.56. The van der Waals surface area contributed by atoms with Crippen LogP contribution in [0.25, 0.3) is 0 Å². The minimum Gasteiger partial charge on any atom is -0.479 e. The number of carboxylic acid groups (broad SMARTS) is 1. The van der Waals surface area contributed by atoms with Gasteiger partial charge in [0, 0.05) is 13.1 Å². The zero-order valence-corrected chi connectivity index (χ0v) is 12.7. The Morgan fingerprint density at radius 3 is 2.55 bits per heavy atom. The van der Waals surface area contributed by atoms with E-state index in [0.717, 1.165) is 19.3 Å². The summed E-state index contributed by atoms with van der Waals surface area (Å²) in [7, 11) is 0. The van der Waals surface area contributed by atoms with Crippen molar-refractivity contribution < 1.29 is 14.7 Å². The van der Waals surface area contributed by atoms with Crippen LogP contribution in [0.5, 0.6) is 0 Å². The molecular weight excluding hydrogens is 256 g/mol. The summed E-state index contributed by atoms with van der Waals surface area (Å²) in [6.45, 7) is 7.55. The van der Waals surface area contributed by atoms with E-state index in [-0.39, 0.29) is 6.03 Å². The summed E-state index contributed by atoms with van der Waals surface area (Å²) in [6, 6.07) is -0.207. The van der Waals surface area contributed by atoms with Gasteiger partial charge >= 0.3 is 12.0 Å². The molecule has 114 valence electrons. The number of rotatable bonds is 5. The smallest absolute Gasteiger partial charge is 0.329 e. The van der Waals surface area contributed by atoms with E-state index < -0.39 is 11.5 Å². The number of likely N-dealkylation sites (tertiary alicyclic amines) is 1. The molecule has 1 aliphatic carbocycles. The number of urea groups is 1. The number of carbonyl (C=O) groups excluding carboxylic acids is 1. The largest absolute Gasteiger partial charge is 0.479 e. The van der Waals surface area contributed by atoms with Gasteiger partial charge in [0.05, 0.1) is 0 Å². The molecule has 2 unspecified atom stereocenters. The second-order valence-electron chi connectivity index (χ2n) is 6.92. The molecular formula is C15H26N2O3. The summed E-state index contributed by atoms with van der Waals surface area (Å²) < 4.78 is 0.